The van der Waals surface area contributed by atoms with Crippen LogP contribution in [-0.4, -0.2) is 21.4 Å². The van der Waals surface area contributed by atoms with Crippen molar-refractivity contribution in [1.29, 1.82) is 0 Å². The Hall–Kier alpha value is -2.95. The number of para-hydroxylation sites is 2. The van der Waals surface area contributed by atoms with Gasteiger partial charge in [-0.15, -0.1) is 0 Å². The van der Waals surface area contributed by atoms with Crippen molar-refractivity contribution in [3.63, 3.8) is 0 Å². The molecule has 4 rings (SSSR count). The van der Waals surface area contributed by atoms with Gasteiger partial charge in [0.15, 0.2) is 0 Å². The maximum absolute atomic E-state index is 12.8. The molecule has 0 bridgehead atoms. The van der Waals surface area contributed by atoms with Gasteiger partial charge in [-0.3, -0.25) is 4.79 Å². The Morgan fingerprint density at radius 3 is 2.12 bits per heavy atom. The Morgan fingerprint density at radius 2 is 1.44 bits per heavy atom. The van der Waals surface area contributed by atoms with Crippen LogP contribution < -0.4 is 10.9 Å². The number of nitrogens with one attached hydrogen (secondary N) is 1. The molecule has 5 nitrogen and oxygen atoms in total. The van der Waals surface area contributed by atoms with Crippen LogP contribution in [0.4, 0.5) is 5.82 Å². The molecule has 2 aromatic heterocycles. The van der Waals surface area contributed by atoms with Crippen LogP contribution in [0.25, 0.3) is 27.6 Å². The van der Waals surface area contributed by atoms with E-state index in [0.29, 0.717) is 22.5 Å². The lowest BCUT2D eigenvalue weighted by molar-refractivity contribution is 1.07. The molecule has 0 fully saturated rings. The fourth-order valence-electron chi connectivity index (χ4n) is 2.63. The Balaban J connectivity index is 0.000000528. The molecule has 0 saturated carbocycles. The van der Waals surface area contributed by atoms with Crippen molar-refractivity contribution in [2.45, 2.75) is 27.7 Å². The van der Waals surface area contributed by atoms with Gasteiger partial charge in [0.2, 0.25) is 5.78 Å². The quantitative estimate of drug-likeness (QED) is 0.411. The predicted molar refractivity (Wildman–Crippen MR) is 107 cm³/mol. The Morgan fingerprint density at radius 1 is 0.840 bits per heavy atom. The zero-order valence-corrected chi connectivity index (χ0v) is 15.4. The summed E-state index contributed by atoms with van der Waals surface area (Å²) in [7, 11) is 1.81. The highest BCUT2D eigenvalue weighted by Gasteiger charge is 2.11. The highest BCUT2D eigenvalue weighted by atomic mass is 16.1. The summed E-state index contributed by atoms with van der Waals surface area (Å²) in [6.45, 7) is 8.00. The summed E-state index contributed by atoms with van der Waals surface area (Å²) < 4.78 is 1.57. The molecule has 0 saturated heterocycles. The largest absolute Gasteiger partial charge is 0.372 e. The van der Waals surface area contributed by atoms with E-state index in [2.05, 4.69) is 15.3 Å². The van der Waals surface area contributed by atoms with Crippen molar-refractivity contribution in [1.82, 2.24) is 14.4 Å². The van der Waals surface area contributed by atoms with Crippen LogP contribution >= 0.6 is 0 Å². The monoisotopic (exact) mass is 336 g/mol. The molecule has 0 unspecified atom stereocenters. The minimum Gasteiger partial charge on any atom is -0.372 e. The molecule has 0 spiro atoms. The summed E-state index contributed by atoms with van der Waals surface area (Å²) >= 11 is 0. The van der Waals surface area contributed by atoms with Gasteiger partial charge in [-0.1, -0.05) is 52.0 Å². The first-order chi connectivity index (χ1) is 12.3. The van der Waals surface area contributed by atoms with E-state index in [9.17, 15) is 4.79 Å². The van der Waals surface area contributed by atoms with Crippen LogP contribution in [0.2, 0.25) is 0 Å². The third-order valence-electron chi connectivity index (χ3n) is 3.61. The van der Waals surface area contributed by atoms with E-state index >= 15 is 0 Å². The van der Waals surface area contributed by atoms with Gasteiger partial charge >= 0.3 is 0 Å². The van der Waals surface area contributed by atoms with Crippen LogP contribution in [0.5, 0.6) is 0 Å². The van der Waals surface area contributed by atoms with Gasteiger partial charge in [-0.05, 0) is 24.3 Å². The van der Waals surface area contributed by atoms with Crippen molar-refractivity contribution < 1.29 is 0 Å². The van der Waals surface area contributed by atoms with Gasteiger partial charge in [0.25, 0.3) is 5.56 Å². The van der Waals surface area contributed by atoms with Crippen LogP contribution in [0.1, 0.15) is 27.7 Å². The third kappa shape index (κ3) is 3.18. The topological polar surface area (TPSA) is 59.3 Å². The molecule has 0 aliphatic rings. The van der Waals surface area contributed by atoms with Gasteiger partial charge in [0.05, 0.1) is 16.4 Å². The normalized spacial score (nSPS) is 9.96. The first kappa shape index (κ1) is 18.4. The summed E-state index contributed by atoms with van der Waals surface area (Å²) in [5.41, 5.74) is 1.37. The Bertz CT molecular complexity index is 1050. The van der Waals surface area contributed by atoms with Crippen molar-refractivity contribution in [3.05, 3.63) is 58.9 Å². The molecule has 0 aliphatic carbocycles. The highest BCUT2D eigenvalue weighted by molar-refractivity contribution is 5.92. The van der Waals surface area contributed by atoms with Crippen molar-refractivity contribution >= 4 is 33.4 Å². The Kier molecular flexibility index (Phi) is 6.06. The first-order valence-electron chi connectivity index (χ1n) is 8.67. The van der Waals surface area contributed by atoms with E-state index in [0.717, 1.165) is 10.9 Å². The molecule has 1 N–H and O–H groups in total. The number of hydrogen-bond donors (Lipinski definition) is 1. The lowest BCUT2D eigenvalue weighted by Crippen LogP contribution is -2.17. The average molecular weight is 336 g/mol. The molecule has 0 amide bonds. The minimum absolute atomic E-state index is 0.0954. The lowest BCUT2D eigenvalue weighted by atomic mass is 10.2. The van der Waals surface area contributed by atoms with Crippen LogP contribution in [0.3, 0.4) is 0 Å². The van der Waals surface area contributed by atoms with Gasteiger partial charge in [-0.2, -0.15) is 4.98 Å². The molecular weight excluding hydrogens is 312 g/mol. The van der Waals surface area contributed by atoms with Crippen molar-refractivity contribution in [2.24, 2.45) is 0 Å². The molecule has 2 heterocycles. The third-order valence-corrected chi connectivity index (χ3v) is 3.61. The van der Waals surface area contributed by atoms with Crippen LogP contribution in [0, 0.1) is 0 Å². The molecule has 130 valence electrons. The maximum atomic E-state index is 12.8. The molecule has 0 radical (unpaired) electrons. The minimum atomic E-state index is -0.0954. The number of nitrogens with zero attached hydrogens (tertiary/aromatic N) is 3. The number of aromatic nitrogens is 3. The molecule has 25 heavy (non-hydrogen) atoms. The van der Waals surface area contributed by atoms with Crippen LogP contribution in [0.15, 0.2) is 53.3 Å². The second-order valence-corrected chi connectivity index (χ2v) is 4.80. The summed E-state index contributed by atoms with van der Waals surface area (Å²) in [5, 5.41) is 4.55. The van der Waals surface area contributed by atoms with Crippen molar-refractivity contribution in [3.8, 4) is 0 Å². The first-order valence-corrected chi connectivity index (χ1v) is 8.67. The van der Waals surface area contributed by atoms with Crippen LogP contribution in [-0.2, 0) is 0 Å². The van der Waals surface area contributed by atoms with Crippen molar-refractivity contribution in [2.75, 3.05) is 12.4 Å². The molecule has 5 heteroatoms. The SMILES string of the molecule is CC.CC.CNc1nc2nc3ccccc3c(=O)n2c2ccccc12. The number of fused-ring (bicyclic) bond motifs is 4. The summed E-state index contributed by atoms with van der Waals surface area (Å²) in [6, 6.07) is 15.0. The fraction of sp³-hybridized carbons (Fsp3) is 0.250. The van der Waals surface area contributed by atoms with E-state index in [1.54, 1.807) is 10.5 Å². The van der Waals surface area contributed by atoms with E-state index in [-0.39, 0.29) is 5.56 Å². The molecule has 4 aromatic rings. The average Bonchev–Trinajstić information content (AvgIpc) is 2.70. The molecule has 0 aliphatic heterocycles. The highest BCUT2D eigenvalue weighted by Crippen LogP contribution is 2.21. The van der Waals surface area contributed by atoms with Gasteiger partial charge in [0.1, 0.15) is 5.82 Å². The number of benzene rings is 2. The molecule has 2 aromatic carbocycles. The second kappa shape index (κ2) is 8.24. The summed E-state index contributed by atoms with van der Waals surface area (Å²) in [6.07, 6.45) is 0. The van der Waals surface area contributed by atoms with Gasteiger partial charge < -0.3 is 5.32 Å². The molecular formula is C20H24N4O. The lowest BCUT2D eigenvalue weighted by Gasteiger charge is -2.10. The smallest absolute Gasteiger partial charge is 0.267 e. The maximum Gasteiger partial charge on any atom is 0.267 e. The Labute approximate surface area is 147 Å². The zero-order valence-electron chi connectivity index (χ0n) is 15.4. The zero-order chi connectivity index (χ0) is 18.4. The summed E-state index contributed by atoms with van der Waals surface area (Å²) in [5.74, 6) is 1.12. The number of rotatable bonds is 1. The number of hydrogen-bond acceptors (Lipinski definition) is 4. The fourth-order valence-corrected chi connectivity index (χ4v) is 2.63. The summed E-state index contributed by atoms with van der Waals surface area (Å²) in [4.78, 5) is 21.7. The van der Waals surface area contributed by atoms with Gasteiger partial charge in [-0.25, -0.2) is 9.38 Å². The standard InChI is InChI=1S/C16H12N4O.2C2H6/c1-17-14-11-7-3-5-9-13(11)20-15(21)10-6-2-4-8-12(10)18-16(20)19-14;2*1-2/h2-9H,1H3,(H,17,18,19);2*1-2H3. The van der Waals surface area contributed by atoms with E-state index < -0.39 is 0 Å². The van der Waals surface area contributed by atoms with E-state index in [1.807, 2.05) is 77.2 Å². The van der Waals surface area contributed by atoms with Gasteiger partial charge in [0, 0.05) is 12.4 Å². The number of anilines is 1. The molecule has 0 atom stereocenters. The second-order valence-electron chi connectivity index (χ2n) is 4.80. The predicted octanol–water partition coefficient (Wildman–Crippen LogP) is 4.49. The van der Waals surface area contributed by atoms with E-state index in [1.165, 1.54) is 0 Å². The van der Waals surface area contributed by atoms with E-state index in [4.69, 9.17) is 0 Å².